The maximum Gasteiger partial charge on any atom is 0.165 e. The fraction of sp³-hybridized carbons (Fsp3) is 0.417. The first-order chi connectivity index (χ1) is 7.19. The standard InChI is InChI=1S/C12H15BrO2/c1-3-11(14)12(15-4-2)9-5-7-10(13)8-6-9/h5-8,12H,3-4H2,1-2H3. The van der Waals surface area contributed by atoms with E-state index in [1.54, 1.807) is 0 Å². The molecule has 1 atom stereocenters. The molecule has 2 nitrogen and oxygen atoms in total. The quantitative estimate of drug-likeness (QED) is 0.819. The average Bonchev–Trinajstić information content (AvgIpc) is 2.26. The van der Waals surface area contributed by atoms with Crippen molar-refractivity contribution >= 4 is 21.7 Å². The molecule has 1 unspecified atom stereocenters. The summed E-state index contributed by atoms with van der Waals surface area (Å²) < 4.78 is 6.46. The summed E-state index contributed by atoms with van der Waals surface area (Å²) in [6.07, 6.45) is 0.0916. The minimum Gasteiger partial charge on any atom is -0.366 e. The van der Waals surface area contributed by atoms with Gasteiger partial charge in [-0.05, 0) is 24.6 Å². The molecule has 0 N–H and O–H groups in total. The van der Waals surface area contributed by atoms with E-state index < -0.39 is 6.10 Å². The summed E-state index contributed by atoms with van der Waals surface area (Å²) in [5, 5.41) is 0. The molecule has 0 aliphatic rings. The number of ketones is 1. The van der Waals surface area contributed by atoms with Crippen LogP contribution in [0.4, 0.5) is 0 Å². The number of hydrogen-bond acceptors (Lipinski definition) is 2. The van der Waals surface area contributed by atoms with Crippen LogP contribution in [0.25, 0.3) is 0 Å². The zero-order valence-corrected chi connectivity index (χ0v) is 10.6. The molecule has 0 heterocycles. The first kappa shape index (κ1) is 12.4. The lowest BCUT2D eigenvalue weighted by molar-refractivity contribution is -0.130. The molecule has 0 spiro atoms. The second-order valence-corrected chi connectivity index (χ2v) is 4.12. The number of carbonyl (C=O) groups is 1. The Labute approximate surface area is 98.8 Å². The normalized spacial score (nSPS) is 12.5. The van der Waals surface area contributed by atoms with E-state index in [-0.39, 0.29) is 5.78 Å². The van der Waals surface area contributed by atoms with Crippen molar-refractivity contribution in [1.29, 1.82) is 0 Å². The van der Waals surface area contributed by atoms with Crippen molar-refractivity contribution in [2.45, 2.75) is 26.4 Å². The first-order valence-corrected chi connectivity index (χ1v) is 5.88. The highest BCUT2D eigenvalue weighted by Gasteiger charge is 2.18. The van der Waals surface area contributed by atoms with E-state index in [2.05, 4.69) is 15.9 Å². The summed E-state index contributed by atoms with van der Waals surface area (Å²) in [4.78, 5) is 11.7. The molecule has 0 saturated heterocycles. The van der Waals surface area contributed by atoms with Gasteiger partial charge in [0.05, 0.1) is 0 Å². The van der Waals surface area contributed by atoms with Gasteiger partial charge in [-0.25, -0.2) is 0 Å². The Bertz CT molecular complexity index is 319. The predicted octanol–water partition coefficient (Wildman–Crippen LogP) is 3.51. The molecule has 0 fully saturated rings. The van der Waals surface area contributed by atoms with Gasteiger partial charge >= 0.3 is 0 Å². The Hall–Kier alpha value is -0.670. The van der Waals surface area contributed by atoms with Gasteiger partial charge < -0.3 is 4.74 Å². The maximum atomic E-state index is 11.7. The fourth-order valence-electron chi connectivity index (χ4n) is 1.36. The summed E-state index contributed by atoms with van der Waals surface area (Å²) in [7, 11) is 0. The van der Waals surface area contributed by atoms with Gasteiger partial charge in [-0.2, -0.15) is 0 Å². The molecule has 1 rings (SSSR count). The highest BCUT2D eigenvalue weighted by molar-refractivity contribution is 9.10. The Balaban J connectivity index is 2.88. The van der Waals surface area contributed by atoms with Crippen molar-refractivity contribution in [2.24, 2.45) is 0 Å². The zero-order valence-electron chi connectivity index (χ0n) is 9.00. The van der Waals surface area contributed by atoms with Crippen LogP contribution >= 0.6 is 15.9 Å². The number of benzene rings is 1. The van der Waals surface area contributed by atoms with Crippen LogP contribution in [0, 0.1) is 0 Å². The molecular weight excluding hydrogens is 256 g/mol. The van der Waals surface area contributed by atoms with Crippen molar-refractivity contribution in [3.8, 4) is 0 Å². The van der Waals surface area contributed by atoms with Gasteiger partial charge in [-0.15, -0.1) is 0 Å². The first-order valence-electron chi connectivity index (χ1n) is 5.08. The number of carbonyl (C=O) groups excluding carboxylic acids is 1. The van der Waals surface area contributed by atoms with E-state index in [4.69, 9.17) is 4.74 Å². The van der Waals surface area contributed by atoms with Gasteiger partial charge in [-0.1, -0.05) is 35.0 Å². The monoisotopic (exact) mass is 270 g/mol. The third-order valence-electron chi connectivity index (χ3n) is 2.15. The van der Waals surface area contributed by atoms with Crippen LogP contribution in [0.1, 0.15) is 31.9 Å². The highest BCUT2D eigenvalue weighted by atomic mass is 79.9. The van der Waals surface area contributed by atoms with Gasteiger partial charge in [-0.3, -0.25) is 4.79 Å². The topological polar surface area (TPSA) is 26.3 Å². The van der Waals surface area contributed by atoms with Crippen LogP contribution in [0.5, 0.6) is 0 Å². The van der Waals surface area contributed by atoms with Crippen LogP contribution in [0.2, 0.25) is 0 Å². The SMILES string of the molecule is CCOC(C(=O)CC)c1ccc(Br)cc1. The molecule has 1 aromatic carbocycles. The van der Waals surface area contributed by atoms with Gasteiger partial charge in [0, 0.05) is 17.5 Å². The molecule has 0 aromatic heterocycles. The maximum absolute atomic E-state index is 11.7. The van der Waals surface area contributed by atoms with E-state index >= 15 is 0 Å². The lowest BCUT2D eigenvalue weighted by Gasteiger charge is -2.15. The highest BCUT2D eigenvalue weighted by Crippen LogP contribution is 2.21. The van der Waals surface area contributed by atoms with E-state index in [1.807, 2.05) is 38.1 Å². The van der Waals surface area contributed by atoms with Crippen LogP contribution in [0.15, 0.2) is 28.7 Å². The molecule has 15 heavy (non-hydrogen) atoms. The molecule has 82 valence electrons. The Morgan fingerprint density at radius 2 is 1.93 bits per heavy atom. The van der Waals surface area contributed by atoms with E-state index in [0.29, 0.717) is 13.0 Å². The third kappa shape index (κ3) is 3.43. The van der Waals surface area contributed by atoms with Crippen molar-refractivity contribution in [1.82, 2.24) is 0 Å². The van der Waals surface area contributed by atoms with Gasteiger partial charge in [0.2, 0.25) is 0 Å². The molecule has 1 aromatic rings. The van der Waals surface area contributed by atoms with E-state index in [0.717, 1.165) is 10.0 Å². The molecule has 0 bridgehead atoms. The van der Waals surface area contributed by atoms with Gasteiger partial charge in [0.15, 0.2) is 5.78 Å². The molecule has 0 radical (unpaired) electrons. The molecule has 0 amide bonds. The van der Waals surface area contributed by atoms with Crippen molar-refractivity contribution in [3.63, 3.8) is 0 Å². The molecule has 0 aliphatic carbocycles. The van der Waals surface area contributed by atoms with Crippen LogP contribution in [0.3, 0.4) is 0 Å². The van der Waals surface area contributed by atoms with Crippen LogP contribution < -0.4 is 0 Å². The average molecular weight is 271 g/mol. The molecular formula is C12H15BrO2. The van der Waals surface area contributed by atoms with Crippen molar-refractivity contribution < 1.29 is 9.53 Å². The summed E-state index contributed by atoms with van der Waals surface area (Å²) in [6.45, 7) is 4.30. The third-order valence-corrected chi connectivity index (χ3v) is 2.68. The Morgan fingerprint density at radius 1 is 1.33 bits per heavy atom. The number of rotatable bonds is 5. The van der Waals surface area contributed by atoms with E-state index in [9.17, 15) is 4.79 Å². The predicted molar refractivity (Wildman–Crippen MR) is 63.8 cm³/mol. The van der Waals surface area contributed by atoms with E-state index in [1.165, 1.54) is 0 Å². The number of hydrogen-bond donors (Lipinski definition) is 0. The molecule has 3 heteroatoms. The second-order valence-electron chi connectivity index (χ2n) is 3.21. The summed E-state index contributed by atoms with van der Waals surface area (Å²) >= 11 is 3.36. The Morgan fingerprint density at radius 3 is 2.40 bits per heavy atom. The fourth-order valence-corrected chi connectivity index (χ4v) is 1.63. The number of ether oxygens (including phenoxy) is 1. The van der Waals surface area contributed by atoms with Crippen molar-refractivity contribution in [3.05, 3.63) is 34.3 Å². The molecule has 0 aliphatic heterocycles. The minimum atomic E-state index is -0.409. The van der Waals surface area contributed by atoms with Gasteiger partial charge in [0.25, 0.3) is 0 Å². The lowest BCUT2D eigenvalue weighted by Crippen LogP contribution is -2.15. The molecule has 0 saturated carbocycles. The summed E-state index contributed by atoms with van der Waals surface area (Å²) in [5.74, 6) is 0.124. The second kappa shape index (κ2) is 6.03. The van der Waals surface area contributed by atoms with Crippen molar-refractivity contribution in [2.75, 3.05) is 6.61 Å². The number of halogens is 1. The summed E-state index contributed by atoms with van der Waals surface area (Å²) in [6, 6.07) is 7.67. The Kier molecular flexibility index (Phi) is 4.99. The van der Waals surface area contributed by atoms with Gasteiger partial charge in [0.1, 0.15) is 6.10 Å². The largest absolute Gasteiger partial charge is 0.366 e. The minimum absolute atomic E-state index is 0.124. The number of Topliss-reactive ketones (excluding diaryl/α,β-unsaturated/α-hetero) is 1. The zero-order chi connectivity index (χ0) is 11.3. The lowest BCUT2D eigenvalue weighted by atomic mass is 10.0. The van der Waals surface area contributed by atoms with Crippen LogP contribution in [-0.4, -0.2) is 12.4 Å². The van der Waals surface area contributed by atoms with Crippen LogP contribution in [-0.2, 0) is 9.53 Å². The summed E-state index contributed by atoms with van der Waals surface area (Å²) in [5.41, 5.74) is 0.923. The smallest absolute Gasteiger partial charge is 0.165 e.